The van der Waals surface area contributed by atoms with E-state index < -0.39 is 42.8 Å². The van der Waals surface area contributed by atoms with Crippen LogP contribution >= 0.6 is 0 Å². The lowest BCUT2D eigenvalue weighted by Gasteiger charge is -2.21. The summed E-state index contributed by atoms with van der Waals surface area (Å²) in [6.45, 7) is 4.33. The minimum Gasteiger partial charge on any atom is -0.463 e. The lowest BCUT2D eigenvalue weighted by Crippen LogP contribution is -2.39. The van der Waals surface area contributed by atoms with E-state index in [9.17, 15) is 9.59 Å². The van der Waals surface area contributed by atoms with Crippen LogP contribution in [0.5, 0.6) is 0 Å². The molecule has 2 heterocycles. The van der Waals surface area contributed by atoms with Crippen molar-refractivity contribution < 1.29 is 33.3 Å². The predicted molar refractivity (Wildman–Crippen MR) is 56.3 cm³/mol. The molecule has 0 unspecified atom stereocenters. The Bertz CT molecular complexity index is 342. The monoisotopic (exact) mass is 260 g/mol. The molecule has 2 fully saturated rings. The number of hydrogen-bond donors (Lipinski definition) is 0. The summed E-state index contributed by atoms with van der Waals surface area (Å²) in [4.78, 5) is 21.9. The molecular weight excluding hydrogens is 244 g/mol. The molecule has 7 heteroatoms. The van der Waals surface area contributed by atoms with Crippen molar-refractivity contribution in [2.45, 2.75) is 51.7 Å². The van der Waals surface area contributed by atoms with Gasteiger partial charge in [-0.25, -0.2) is 0 Å². The van der Waals surface area contributed by atoms with E-state index in [0.29, 0.717) is 0 Å². The van der Waals surface area contributed by atoms with Gasteiger partial charge in [-0.15, -0.1) is 0 Å². The number of carbonyl (C=O) groups excluding carboxylic acids is 2. The van der Waals surface area contributed by atoms with Gasteiger partial charge in [0.1, 0.15) is 12.7 Å². The molecule has 0 aromatic carbocycles. The van der Waals surface area contributed by atoms with Gasteiger partial charge in [0, 0.05) is 13.8 Å². The van der Waals surface area contributed by atoms with Crippen LogP contribution in [0.25, 0.3) is 0 Å². The molecule has 0 spiro atoms. The molecule has 5 atom stereocenters. The third-order valence-electron chi connectivity index (χ3n) is 2.69. The standard InChI is InChI=1S/C11H16O7/c1-5(12)14-4-8-9(15-6(2)13)10-11(18-8)17-7(3)16-10/h7-11H,4H2,1-3H3/t7-,8-,9-,10-,11+/m1/s1. The SMILES string of the molecule is CC(=O)OC[C@H]1O[C@@H]2O[C@H](C)O[C@@H]2[C@@H]1OC(C)=O. The van der Waals surface area contributed by atoms with E-state index in [1.165, 1.54) is 13.8 Å². The second kappa shape index (κ2) is 5.21. The maximum atomic E-state index is 11.1. The lowest BCUT2D eigenvalue weighted by atomic mass is 10.1. The highest BCUT2D eigenvalue weighted by molar-refractivity contribution is 5.66. The zero-order valence-corrected chi connectivity index (χ0v) is 10.5. The molecule has 2 rings (SSSR count). The van der Waals surface area contributed by atoms with Crippen molar-refractivity contribution in [1.82, 2.24) is 0 Å². The highest BCUT2D eigenvalue weighted by Gasteiger charge is 2.53. The maximum absolute atomic E-state index is 11.1. The largest absolute Gasteiger partial charge is 0.463 e. The molecule has 2 aliphatic heterocycles. The molecule has 0 aromatic rings. The van der Waals surface area contributed by atoms with E-state index in [0.717, 1.165) is 0 Å². The normalized spacial score (nSPS) is 38.3. The Morgan fingerprint density at radius 3 is 2.44 bits per heavy atom. The van der Waals surface area contributed by atoms with E-state index in [4.69, 9.17) is 23.7 Å². The van der Waals surface area contributed by atoms with Crippen molar-refractivity contribution >= 4 is 11.9 Å². The summed E-state index contributed by atoms with van der Waals surface area (Å²) >= 11 is 0. The zero-order chi connectivity index (χ0) is 13.3. The molecule has 2 saturated heterocycles. The van der Waals surface area contributed by atoms with Crippen LogP contribution in [0.3, 0.4) is 0 Å². The Balaban J connectivity index is 2.01. The van der Waals surface area contributed by atoms with Crippen LogP contribution < -0.4 is 0 Å². The third-order valence-corrected chi connectivity index (χ3v) is 2.69. The average Bonchev–Trinajstić information content (AvgIpc) is 2.73. The van der Waals surface area contributed by atoms with Gasteiger partial charge in [-0.05, 0) is 6.92 Å². The number of rotatable bonds is 3. The summed E-state index contributed by atoms with van der Waals surface area (Å²) in [5.41, 5.74) is 0. The van der Waals surface area contributed by atoms with Crippen molar-refractivity contribution in [3.05, 3.63) is 0 Å². The molecule has 102 valence electrons. The van der Waals surface area contributed by atoms with Gasteiger partial charge in [0.25, 0.3) is 0 Å². The molecule has 0 radical (unpaired) electrons. The maximum Gasteiger partial charge on any atom is 0.303 e. The van der Waals surface area contributed by atoms with Gasteiger partial charge in [0.2, 0.25) is 0 Å². The molecule has 0 bridgehead atoms. The lowest BCUT2D eigenvalue weighted by molar-refractivity contribution is -0.185. The second-order valence-corrected chi connectivity index (χ2v) is 4.22. The van der Waals surface area contributed by atoms with E-state index in [-0.39, 0.29) is 6.61 Å². The van der Waals surface area contributed by atoms with Gasteiger partial charge in [0.05, 0.1) is 0 Å². The van der Waals surface area contributed by atoms with Crippen LogP contribution in [0.15, 0.2) is 0 Å². The first-order chi connectivity index (χ1) is 8.47. The molecule has 0 aromatic heterocycles. The number of ether oxygens (including phenoxy) is 5. The van der Waals surface area contributed by atoms with Gasteiger partial charge in [-0.2, -0.15) is 0 Å². The van der Waals surface area contributed by atoms with Crippen LogP contribution in [-0.2, 0) is 33.3 Å². The Kier molecular flexibility index (Phi) is 3.84. The highest BCUT2D eigenvalue weighted by Crippen LogP contribution is 2.34. The first-order valence-corrected chi connectivity index (χ1v) is 5.74. The summed E-state index contributed by atoms with van der Waals surface area (Å²) in [6.07, 6.45) is -2.68. The Morgan fingerprint density at radius 2 is 1.83 bits per heavy atom. The molecule has 2 aliphatic rings. The molecule has 18 heavy (non-hydrogen) atoms. The zero-order valence-electron chi connectivity index (χ0n) is 10.5. The van der Waals surface area contributed by atoms with Gasteiger partial charge < -0.3 is 23.7 Å². The number of carbonyl (C=O) groups is 2. The third kappa shape index (κ3) is 2.80. The van der Waals surface area contributed by atoms with Crippen LogP contribution in [0, 0.1) is 0 Å². The van der Waals surface area contributed by atoms with Crippen LogP contribution in [0.4, 0.5) is 0 Å². The number of fused-ring (bicyclic) bond motifs is 1. The van der Waals surface area contributed by atoms with Gasteiger partial charge in [-0.1, -0.05) is 0 Å². The Morgan fingerprint density at radius 1 is 1.11 bits per heavy atom. The fraction of sp³-hybridized carbons (Fsp3) is 0.818. The van der Waals surface area contributed by atoms with Gasteiger partial charge in [-0.3, -0.25) is 9.59 Å². The van der Waals surface area contributed by atoms with Crippen LogP contribution in [0.2, 0.25) is 0 Å². The van der Waals surface area contributed by atoms with Crippen molar-refractivity contribution in [3.63, 3.8) is 0 Å². The first kappa shape index (κ1) is 13.3. The van der Waals surface area contributed by atoms with Crippen LogP contribution in [-0.4, -0.2) is 49.4 Å². The summed E-state index contributed by atoms with van der Waals surface area (Å²) in [6, 6.07) is 0. The first-order valence-electron chi connectivity index (χ1n) is 5.74. The predicted octanol–water partition coefficient (Wildman–Crippen LogP) is -0.0325. The Labute approximate surface area is 104 Å². The molecular formula is C11H16O7. The van der Waals surface area contributed by atoms with E-state index in [2.05, 4.69) is 0 Å². The van der Waals surface area contributed by atoms with Crippen molar-refractivity contribution in [3.8, 4) is 0 Å². The topological polar surface area (TPSA) is 80.3 Å². The average molecular weight is 260 g/mol. The summed E-state index contributed by atoms with van der Waals surface area (Å²) in [5, 5.41) is 0. The second-order valence-electron chi connectivity index (χ2n) is 4.22. The summed E-state index contributed by atoms with van der Waals surface area (Å²) in [7, 11) is 0. The summed E-state index contributed by atoms with van der Waals surface area (Å²) in [5.74, 6) is -0.868. The fourth-order valence-electron chi connectivity index (χ4n) is 2.06. The quantitative estimate of drug-likeness (QED) is 0.659. The minimum atomic E-state index is -0.628. The fourth-order valence-corrected chi connectivity index (χ4v) is 2.06. The van der Waals surface area contributed by atoms with Gasteiger partial charge in [0.15, 0.2) is 24.8 Å². The summed E-state index contributed by atoms with van der Waals surface area (Å²) < 4.78 is 26.4. The van der Waals surface area contributed by atoms with E-state index in [1.807, 2.05) is 0 Å². The smallest absolute Gasteiger partial charge is 0.303 e. The number of esters is 2. The van der Waals surface area contributed by atoms with Crippen LogP contribution in [0.1, 0.15) is 20.8 Å². The molecule has 0 N–H and O–H groups in total. The van der Waals surface area contributed by atoms with E-state index >= 15 is 0 Å². The highest BCUT2D eigenvalue weighted by atomic mass is 16.8. The molecule has 0 saturated carbocycles. The van der Waals surface area contributed by atoms with Crippen molar-refractivity contribution in [2.24, 2.45) is 0 Å². The van der Waals surface area contributed by atoms with Crippen molar-refractivity contribution in [2.75, 3.05) is 6.61 Å². The number of hydrogen-bond acceptors (Lipinski definition) is 7. The van der Waals surface area contributed by atoms with E-state index in [1.54, 1.807) is 6.92 Å². The molecule has 7 nitrogen and oxygen atoms in total. The minimum absolute atomic E-state index is 0.00137. The van der Waals surface area contributed by atoms with Crippen molar-refractivity contribution in [1.29, 1.82) is 0 Å². The Hall–Kier alpha value is -1.18. The molecule has 0 amide bonds. The van der Waals surface area contributed by atoms with Gasteiger partial charge >= 0.3 is 11.9 Å². The molecule has 0 aliphatic carbocycles.